The molecule has 0 radical (unpaired) electrons. The summed E-state index contributed by atoms with van der Waals surface area (Å²) in [6, 6.07) is 0.123. The van der Waals surface area contributed by atoms with Gasteiger partial charge >= 0.3 is 0 Å². The van der Waals surface area contributed by atoms with Crippen LogP contribution in [0, 0.1) is 0 Å². The standard InChI is InChI=1S/C12H26N2O2S2/c1-4-6-13-7-5-10-18(15,16)14-8-9-17-12(3)11(14)2/h11-13H,4-10H2,1-3H3. The van der Waals surface area contributed by atoms with Crippen molar-refractivity contribution in [2.75, 3.05) is 31.1 Å². The fourth-order valence-electron chi connectivity index (χ4n) is 2.10. The smallest absolute Gasteiger partial charge is 0.214 e. The first-order valence-corrected chi connectivity index (χ1v) is 9.46. The van der Waals surface area contributed by atoms with Crippen LogP contribution in [0.15, 0.2) is 0 Å². The molecule has 0 spiro atoms. The van der Waals surface area contributed by atoms with Gasteiger partial charge in [-0.2, -0.15) is 16.1 Å². The topological polar surface area (TPSA) is 49.4 Å². The van der Waals surface area contributed by atoms with Crippen molar-refractivity contribution in [1.29, 1.82) is 0 Å². The fraction of sp³-hybridized carbons (Fsp3) is 1.00. The highest BCUT2D eigenvalue weighted by atomic mass is 32.2. The molecule has 1 fully saturated rings. The van der Waals surface area contributed by atoms with Crippen molar-refractivity contribution >= 4 is 21.8 Å². The summed E-state index contributed by atoms with van der Waals surface area (Å²) in [5.74, 6) is 1.18. The summed E-state index contributed by atoms with van der Waals surface area (Å²) in [7, 11) is -3.07. The van der Waals surface area contributed by atoms with Crippen LogP contribution in [0.5, 0.6) is 0 Å². The van der Waals surface area contributed by atoms with Gasteiger partial charge in [-0.15, -0.1) is 0 Å². The van der Waals surface area contributed by atoms with E-state index in [1.165, 1.54) is 0 Å². The summed E-state index contributed by atoms with van der Waals surface area (Å²) in [5, 5.41) is 3.64. The lowest BCUT2D eigenvalue weighted by molar-refractivity contribution is 0.340. The van der Waals surface area contributed by atoms with Gasteiger partial charge in [0.25, 0.3) is 0 Å². The summed E-state index contributed by atoms with van der Waals surface area (Å²) in [6.07, 6.45) is 1.79. The molecule has 1 heterocycles. The average Bonchev–Trinajstić information content (AvgIpc) is 2.32. The van der Waals surface area contributed by atoms with Crippen molar-refractivity contribution < 1.29 is 8.42 Å². The van der Waals surface area contributed by atoms with Crippen molar-refractivity contribution in [2.45, 2.75) is 44.9 Å². The zero-order chi connectivity index (χ0) is 13.6. The predicted octanol–water partition coefficient (Wildman–Crippen LogP) is 1.53. The van der Waals surface area contributed by atoms with Crippen molar-refractivity contribution in [3.8, 4) is 0 Å². The molecule has 0 amide bonds. The van der Waals surface area contributed by atoms with Gasteiger partial charge in [0, 0.05) is 23.6 Å². The van der Waals surface area contributed by atoms with E-state index in [0.717, 1.165) is 25.3 Å². The molecule has 0 aliphatic carbocycles. The van der Waals surface area contributed by atoms with E-state index >= 15 is 0 Å². The summed E-state index contributed by atoms with van der Waals surface area (Å²) in [6.45, 7) is 8.66. The molecule has 0 aromatic rings. The van der Waals surface area contributed by atoms with E-state index in [9.17, 15) is 8.42 Å². The first kappa shape index (κ1) is 16.3. The molecule has 1 rings (SSSR count). The molecule has 0 aromatic carbocycles. The monoisotopic (exact) mass is 294 g/mol. The number of sulfonamides is 1. The Bertz CT molecular complexity index is 333. The lowest BCUT2D eigenvalue weighted by atomic mass is 10.2. The maximum atomic E-state index is 12.3. The average molecular weight is 294 g/mol. The highest BCUT2D eigenvalue weighted by Gasteiger charge is 2.33. The van der Waals surface area contributed by atoms with E-state index in [4.69, 9.17) is 0 Å². The lowest BCUT2D eigenvalue weighted by Crippen LogP contribution is -2.48. The summed E-state index contributed by atoms with van der Waals surface area (Å²) in [4.78, 5) is 0. The molecule has 2 unspecified atom stereocenters. The van der Waals surface area contributed by atoms with Crippen molar-refractivity contribution in [1.82, 2.24) is 9.62 Å². The number of thioether (sulfide) groups is 1. The van der Waals surface area contributed by atoms with Crippen LogP contribution in [0.3, 0.4) is 0 Å². The van der Waals surface area contributed by atoms with Gasteiger partial charge in [-0.25, -0.2) is 8.42 Å². The van der Waals surface area contributed by atoms with E-state index < -0.39 is 10.0 Å². The van der Waals surface area contributed by atoms with Gasteiger partial charge in [-0.3, -0.25) is 0 Å². The van der Waals surface area contributed by atoms with Crippen LogP contribution in [-0.2, 0) is 10.0 Å². The Hall–Kier alpha value is 0.220. The molecule has 18 heavy (non-hydrogen) atoms. The van der Waals surface area contributed by atoms with E-state index in [1.54, 1.807) is 4.31 Å². The Balaban J connectivity index is 2.42. The van der Waals surface area contributed by atoms with Crippen LogP contribution in [0.25, 0.3) is 0 Å². The number of rotatable bonds is 7. The van der Waals surface area contributed by atoms with Gasteiger partial charge in [0.05, 0.1) is 5.75 Å². The van der Waals surface area contributed by atoms with Gasteiger partial charge in [0.2, 0.25) is 10.0 Å². The summed E-state index contributed by atoms with van der Waals surface area (Å²) < 4.78 is 26.2. The molecular formula is C12H26N2O2S2. The minimum Gasteiger partial charge on any atom is -0.317 e. The molecule has 0 saturated carbocycles. The fourth-order valence-corrected chi connectivity index (χ4v) is 5.19. The molecule has 6 heteroatoms. The highest BCUT2D eigenvalue weighted by molar-refractivity contribution is 8.00. The van der Waals surface area contributed by atoms with Crippen molar-refractivity contribution in [2.24, 2.45) is 0 Å². The van der Waals surface area contributed by atoms with Crippen molar-refractivity contribution in [3.05, 3.63) is 0 Å². The molecular weight excluding hydrogens is 268 g/mol. The molecule has 108 valence electrons. The second-order valence-electron chi connectivity index (χ2n) is 4.85. The Labute approximate surface area is 116 Å². The Kier molecular flexibility index (Phi) is 6.98. The maximum Gasteiger partial charge on any atom is 0.214 e. The molecule has 1 aliphatic heterocycles. The van der Waals surface area contributed by atoms with E-state index in [-0.39, 0.29) is 11.8 Å². The zero-order valence-corrected chi connectivity index (χ0v) is 13.3. The molecule has 0 aromatic heterocycles. The van der Waals surface area contributed by atoms with Crippen LogP contribution in [-0.4, -0.2) is 55.2 Å². The number of hydrogen-bond acceptors (Lipinski definition) is 4. The molecule has 2 atom stereocenters. The third kappa shape index (κ3) is 4.72. The Morgan fingerprint density at radius 3 is 2.72 bits per heavy atom. The minimum absolute atomic E-state index is 0.123. The van der Waals surface area contributed by atoms with Gasteiger partial charge in [-0.1, -0.05) is 13.8 Å². The van der Waals surface area contributed by atoms with Crippen LogP contribution >= 0.6 is 11.8 Å². The van der Waals surface area contributed by atoms with Gasteiger partial charge in [0.15, 0.2) is 0 Å². The second-order valence-corrected chi connectivity index (χ2v) is 8.37. The van der Waals surface area contributed by atoms with Crippen LogP contribution in [0.1, 0.15) is 33.6 Å². The van der Waals surface area contributed by atoms with Crippen LogP contribution < -0.4 is 5.32 Å². The van der Waals surface area contributed by atoms with Gasteiger partial charge in [-0.05, 0) is 32.9 Å². The molecule has 1 N–H and O–H groups in total. The summed E-state index contributed by atoms with van der Waals surface area (Å²) >= 11 is 1.86. The molecule has 0 bridgehead atoms. The van der Waals surface area contributed by atoms with Gasteiger partial charge < -0.3 is 5.32 Å². The lowest BCUT2D eigenvalue weighted by Gasteiger charge is -2.36. The quantitative estimate of drug-likeness (QED) is 0.724. The first-order valence-electron chi connectivity index (χ1n) is 6.81. The zero-order valence-electron chi connectivity index (χ0n) is 11.7. The Morgan fingerprint density at radius 2 is 2.06 bits per heavy atom. The molecule has 1 aliphatic rings. The van der Waals surface area contributed by atoms with Crippen molar-refractivity contribution in [3.63, 3.8) is 0 Å². The predicted molar refractivity (Wildman–Crippen MR) is 79.7 cm³/mol. The number of nitrogens with zero attached hydrogens (tertiary/aromatic N) is 1. The normalized spacial score (nSPS) is 26.4. The van der Waals surface area contributed by atoms with Crippen LogP contribution in [0.4, 0.5) is 0 Å². The van der Waals surface area contributed by atoms with E-state index in [2.05, 4.69) is 19.2 Å². The largest absolute Gasteiger partial charge is 0.317 e. The molecule has 4 nitrogen and oxygen atoms in total. The van der Waals surface area contributed by atoms with Crippen LogP contribution in [0.2, 0.25) is 0 Å². The number of hydrogen-bond donors (Lipinski definition) is 1. The summed E-state index contributed by atoms with van der Waals surface area (Å²) in [5.41, 5.74) is 0. The maximum absolute atomic E-state index is 12.3. The SMILES string of the molecule is CCCNCCCS(=O)(=O)N1CCSC(C)C1C. The van der Waals surface area contributed by atoms with E-state index in [0.29, 0.717) is 18.2 Å². The Morgan fingerprint density at radius 1 is 1.33 bits per heavy atom. The minimum atomic E-state index is -3.07. The highest BCUT2D eigenvalue weighted by Crippen LogP contribution is 2.26. The third-order valence-corrected chi connectivity index (χ3v) is 6.74. The third-order valence-electron chi connectivity index (χ3n) is 3.37. The van der Waals surface area contributed by atoms with Gasteiger partial charge in [0.1, 0.15) is 0 Å². The first-order chi connectivity index (χ1) is 8.49. The molecule has 1 saturated heterocycles. The second kappa shape index (κ2) is 7.72. The van der Waals surface area contributed by atoms with E-state index in [1.807, 2.05) is 18.7 Å². The number of nitrogens with one attached hydrogen (secondary N) is 1.